The minimum Gasteiger partial charge on any atom is -0.493 e. The second-order valence-electron chi connectivity index (χ2n) is 6.40. The quantitative estimate of drug-likeness (QED) is 0.867. The number of rotatable bonds is 6. The van der Waals surface area contributed by atoms with Gasteiger partial charge in [0.2, 0.25) is 0 Å². The molecule has 0 aromatic heterocycles. The molecule has 1 aromatic rings. The number of hydrogen-bond donors (Lipinski definition) is 1. The molecule has 0 heterocycles. The summed E-state index contributed by atoms with van der Waals surface area (Å²) in [5, 5.41) is 0. The van der Waals surface area contributed by atoms with Crippen LogP contribution in [-0.2, 0) is 0 Å². The summed E-state index contributed by atoms with van der Waals surface area (Å²) < 4.78 is 11.3. The highest BCUT2D eigenvalue weighted by molar-refractivity contribution is 5.39. The van der Waals surface area contributed by atoms with E-state index >= 15 is 0 Å². The molecule has 0 amide bonds. The normalized spacial score (nSPS) is 31.5. The summed E-state index contributed by atoms with van der Waals surface area (Å²) in [7, 11) is 1.68. The number of methoxy groups -OCH3 is 1. The second-order valence-corrected chi connectivity index (χ2v) is 6.40. The van der Waals surface area contributed by atoms with E-state index in [1.807, 2.05) is 24.3 Å². The van der Waals surface area contributed by atoms with Crippen LogP contribution in [0.5, 0.6) is 11.5 Å². The molecule has 2 N–H and O–H groups in total. The molecule has 3 rings (SSSR count). The highest BCUT2D eigenvalue weighted by Crippen LogP contribution is 2.57. The zero-order valence-corrected chi connectivity index (χ0v) is 12.3. The van der Waals surface area contributed by atoms with Crippen LogP contribution in [0.15, 0.2) is 24.3 Å². The van der Waals surface area contributed by atoms with Crippen LogP contribution in [0.25, 0.3) is 0 Å². The van der Waals surface area contributed by atoms with E-state index in [0.717, 1.165) is 42.9 Å². The Hall–Kier alpha value is -1.22. The third-order valence-electron chi connectivity index (χ3n) is 5.44. The van der Waals surface area contributed by atoms with Crippen LogP contribution in [-0.4, -0.2) is 20.3 Å². The number of para-hydroxylation sites is 2. The average Bonchev–Trinajstić information content (AvgIpc) is 3.09. The molecule has 1 aromatic carbocycles. The maximum atomic E-state index is 6.11. The van der Waals surface area contributed by atoms with Crippen molar-refractivity contribution < 1.29 is 9.47 Å². The van der Waals surface area contributed by atoms with E-state index in [4.69, 9.17) is 15.2 Å². The molecule has 2 saturated carbocycles. The lowest BCUT2D eigenvalue weighted by Gasteiger charge is -2.36. The van der Waals surface area contributed by atoms with Crippen LogP contribution in [0.1, 0.15) is 32.1 Å². The summed E-state index contributed by atoms with van der Waals surface area (Å²) in [5.41, 5.74) is 6.45. The third kappa shape index (κ3) is 2.39. The number of benzene rings is 1. The molecule has 3 nitrogen and oxygen atoms in total. The monoisotopic (exact) mass is 275 g/mol. The van der Waals surface area contributed by atoms with Crippen molar-refractivity contribution in [3.05, 3.63) is 24.3 Å². The van der Waals surface area contributed by atoms with Crippen molar-refractivity contribution in [3.63, 3.8) is 0 Å². The van der Waals surface area contributed by atoms with E-state index in [0.29, 0.717) is 5.41 Å². The summed E-state index contributed by atoms with van der Waals surface area (Å²) >= 11 is 0. The fourth-order valence-electron chi connectivity index (χ4n) is 4.32. The standard InChI is InChI=1S/C17H25NO2/c1-19-15-4-2-3-5-16(15)20-9-8-17(12-18)11-13-6-7-14(17)10-13/h2-5,13-14H,6-12,18H2,1H3. The van der Waals surface area contributed by atoms with Crippen molar-refractivity contribution in [1.82, 2.24) is 0 Å². The molecular weight excluding hydrogens is 250 g/mol. The zero-order chi connectivity index (χ0) is 14.0. The Balaban J connectivity index is 1.59. The number of hydrogen-bond acceptors (Lipinski definition) is 3. The topological polar surface area (TPSA) is 44.5 Å². The third-order valence-corrected chi connectivity index (χ3v) is 5.44. The van der Waals surface area contributed by atoms with Crippen LogP contribution in [0, 0.1) is 17.3 Å². The molecule has 3 heteroatoms. The van der Waals surface area contributed by atoms with Crippen LogP contribution in [0.4, 0.5) is 0 Å². The Labute approximate surface area is 121 Å². The first-order valence-corrected chi connectivity index (χ1v) is 7.73. The minimum absolute atomic E-state index is 0.338. The van der Waals surface area contributed by atoms with Gasteiger partial charge in [0.25, 0.3) is 0 Å². The Morgan fingerprint density at radius 3 is 2.65 bits per heavy atom. The minimum atomic E-state index is 0.338. The first-order chi connectivity index (χ1) is 9.77. The highest BCUT2D eigenvalue weighted by Gasteiger charge is 2.49. The van der Waals surface area contributed by atoms with Crippen molar-refractivity contribution >= 4 is 0 Å². The molecule has 0 aliphatic heterocycles. The molecule has 0 saturated heterocycles. The fraction of sp³-hybridized carbons (Fsp3) is 0.647. The maximum absolute atomic E-state index is 6.11. The molecule has 3 atom stereocenters. The molecule has 110 valence electrons. The van der Waals surface area contributed by atoms with Crippen molar-refractivity contribution in [2.75, 3.05) is 20.3 Å². The van der Waals surface area contributed by atoms with E-state index in [1.165, 1.54) is 25.7 Å². The molecule has 2 bridgehead atoms. The molecule has 0 radical (unpaired) electrons. The first-order valence-electron chi connectivity index (χ1n) is 7.73. The van der Waals surface area contributed by atoms with Crippen molar-refractivity contribution in [3.8, 4) is 11.5 Å². The van der Waals surface area contributed by atoms with E-state index in [9.17, 15) is 0 Å². The van der Waals surface area contributed by atoms with Gasteiger partial charge >= 0.3 is 0 Å². The molecule has 3 unspecified atom stereocenters. The number of fused-ring (bicyclic) bond motifs is 2. The lowest BCUT2D eigenvalue weighted by atomic mass is 9.71. The molecule has 2 aliphatic rings. The van der Waals surface area contributed by atoms with Crippen molar-refractivity contribution in [2.45, 2.75) is 32.1 Å². The largest absolute Gasteiger partial charge is 0.493 e. The number of nitrogens with two attached hydrogens (primary N) is 1. The Bertz CT molecular complexity index is 462. The van der Waals surface area contributed by atoms with Gasteiger partial charge in [-0.2, -0.15) is 0 Å². The molecule has 2 aliphatic carbocycles. The smallest absolute Gasteiger partial charge is 0.161 e. The Kier molecular flexibility index (Phi) is 3.88. The lowest BCUT2D eigenvalue weighted by molar-refractivity contribution is 0.124. The van der Waals surface area contributed by atoms with Gasteiger partial charge in [-0.25, -0.2) is 0 Å². The Morgan fingerprint density at radius 2 is 2.05 bits per heavy atom. The van der Waals surface area contributed by atoms with Crippen molar-refractivity contribution in [2.24, 2.45) is 23.0 Å². The summed E-state index contributed by atoms with van der Waals surface area (Å²) in [5.74, 6) is 3.40. The van der Waals surface area contributed by atoms with Crippen LogP contribution >= 0.6 is 0 Å². The first kappa shape index (κ1) is 13.7. The molecule has 0 spiro atoms. The van der Waals surface area contributed by atoms with E-state index in [-0.39, 0.29) is 0 Å². The van der Waals surface area contributed by atoms with Gasteiger partial charge in [0.1, 0.15) is 0 Å². The lowest BCUT2D eigenvalue weighted by Crippen LogP contribution is -2.37. The van der Waals surface area contributed by atoms with Crippen LogP contribution in [0.2, 0.25) is 0 Å². The number of ether oxygens (including phenoxy) is 2. The summed E-state index contributed by atoms with van der Waals surface area (Å²) in [6, 6.07) is 7.84. The van der Waals surface area contributed by atoms with Gasteiger partial charge in [-0.1, -0.05) is 18.6 Å². The van der Waals surface area contributed by atoms with Crippen molar-refractivity contribution in [1.29, 1.82) is 0 Å². The molecule has 2 fully saturated rings. The average molecular weight is 275 g/mol. The van der Waals surface area contributed by atoms with Gasteiger partial charge < -0.3 is 15.2 Å². The summed E-state index contributed by atoms with van der Waals surface area (Å²) in [4.78, 5) is 0. The predicted octanol–water partition coefficient (Wildman–Crippen LogP) is 3.23. The highest BCUT2D eigenvalue weighted by atomic mass is 16.5. The van der Waals surface area contributed by atoms with E-state index < -0.39 is 0 Å². The van der Waals surface area contributed by atoms with E-state index in [2.05, 4.69) is 0 Å². The SMILES string of the molecule is COc1ccccc1OCCC1(CN)CC2CCC1C2. The molecular formula is C17H25NO2. The van der Waals surface area contributed by atoms with Gasteiger partial charge in [0, 0.05) is 0 Å². The Morgan fingerprint density at radius 1 is 1.25 bits per heavy atom. The van der Waals surface area contributed by atoms with Gasteiger partial charge in [-0.15, -0.1) is 0 Å². The van der Waals surface area contributed by atoms with E-state index in [1.54, 1.807) is 7.11 Å². The van der Waals surface area contributed by atoms with Gasteiger partial charge in [0.05, 0.1) is 13.7 Å². The molecule has 20 heavy (non-hydrogen) atoms. The van der Waals surface area contributed by atoms with Gasteiger partial charge in [0.15, 0.2) is 11.5 Å². The van der Waals surface area contributed by atoms with Crippen LogP contribution < -0.4 is 15.2 Å². The zero-order valence-electron chi connectivity index (χ0n) is 12.3. The summed E-state index contributed by atoms with van der Waals surface area (Å²) in [6.45, 7) is 1.55. The maximum Gasteiger partial charge on any atom is 0.161 e. The van der Waals surface area contributed by atoms with Gasteiger partial charge in [-0.05, 0) is 61.6 Å². The second kappa shape index (κ2) is 5.65. The summed E-state index contributed by atoms with van der Waals surface area (Å²) in [6.07, 6.45) is 6.56. The fourth-order valence-corrected chi connectivity index (χ4v) is 4.32. The van der Waals surface area contributed by atoms with Crippen LogP contribution in [0.3, 0.4) is 0 Å². The van der Waals surface area contributed by atoms with Gasteiger partial charge in [-0.3, -0.25) is 0 Å². The predicted molar refractivity (Wildman–Crippen MR) is 80.0 cm³/mol.